The lowest BCUT2D eigenvalue weighted by molar-refractivity contribution is -0.405. The third-order valence-corrected chi connectivity index (χ3v) is 6.30. The Bertz CT molecular complexity index is 782. The Morgan fingerprint density at radius 3 is 1.75 bits per heavy atom. The number of ketones is 2. The molecular formula is C23H33O8P. The number of carbonyl (C=O) groups is 2. The zero-order chi connectivity index (χ0) is 23.5. The molecule has 0 spiro atoms. The molecule has 0 aromatic rings. The van der Waals surface area contributed by atoms with Gasteiger partial charge in [0.2, 0.25) is 0 Å². The number of carbonyl (C=O) groups excluding carboxylic acids is 2. The number of phosphoric ester groups is 1. The van der Waals surface area contributed by atoms with Crippen LogP contribution in [0.3, 0.4) is 0 Å². The number of hydrogen-bond acceptors (Lipinski definition) is 8. The molecule has 32 heavy (non-hydrogen) atoms. The second-order valence-electron chi connectivity index (χ2n) is 7.68. The summed E-state index contributed by atoms with van der Waals surface area (Å²) in [6.07, 6.45) is 24.9. The maximum Gasteiger partial charge on any atom is 0.489 e. The van der Waals surface area contributed by atoms with E-state index in [1.165, 1.54) is 19.3 Å². The molecule has 3 rings (SSSR count). The van der Waals surface area contributed by atoms with Crippen molar-refractivity contribution in [3.05, 3.63) is 48.6 Å². The SMILES string of the molecule is CCCCC/C=C\C/C=C\C/C=C\C/C=C\CCCC(=O)C(O)(O)C(=O)C12OP(=O)(O1)O2. The Hall–Kier alpha value is -1.67. The maximum absolute atomic E-state index is 11.9. The molecule has 178 valence electrons. The van der Waals surface area contributed by atoms with E-state index in [0.29, 0.717) is 12.8 Å². The smallest absolute Gasteiger partial charge is 0.354 e. The molecule has 0 amide bonds. The van der Waals surface area contributed by atoms with Crippen molar-refractivity contribution in [1.82, 2.24) is 0 Å². The number of phosphoric acid groups is 1. The van der Waals surface area contributed by atoms with Gasteiger partial charge in [0.1, 0.15) is 0 Å². The van der Waals surface area contributed by atoms with Crippen LogP contribution in [0.2, 0.25) is 0 Å². The molecule has 0 saturated carbocycles. The van der Waals surface area contributed by atoms with Crippen molar-refractivity contribution >= 4 is 19.4 Å². The second kappa shape index (κ2) is 12.5. The van der Waals surface area contributed by atoms with Gasteiger partial charge in [-0.3, -0.25) is 9.59 Å². The van der Waals surface area contributed by atoms with Gasteiger partial charge in [-0.25, -0.2) is 18.1 Å². The molecular weight excluding hydrogens is 435 g/mol. The van der Waals surface area contributed by atoms with Gasteiger partial charge < -0.3 is 10.2 Å². The Labute approximate surface area is 189 Å². The van der Waals surface area contributed by atoms with Crippen molar-refractivity contribution in [1.29, 1.82) is 0 Å². The molecule has 3 heterocycles. The van der Waals surface area contributed by atoms with Crippen molar-refractivity contribution in [2.24, 2.45) is 0 Å². The van der Waals surface area contributed by atoms with Crippen molar-refractivity contribution in [3.63, 3.8) is 0 Å². The van der Waals surface area contributed by atoms with Gasteiger partial charge in [-0.2, -0.15) is 0 Å². The van der Waals surface area contributed by atoms with Gasteiger partial charge >= 0.3 is 13.8 Å². The standard InChI is InChI=1S/C23H33O8P/c1-2-3-4-5-6-7-8-9-10-11-12-13-14-15-16-17-18-19-20(24)22(26,27)21(25)23-29-32(28,30-23)31-23/h6-7,9-10,12-13,15-16,26-27H,2-5,8,11,14,17-19H2,1H3/b7-6-,10-9-,13-12-,16-15-. The molecule has 0 aromatic carbocycles. The lowest BCUT2D eigenvalue weighted by Gasteiger charge is -2.54. The lowest BCUT2D eigenvalue weighted by atomic mass is 10.00. The van der Waals surface area contributed by atoms with Gasteiger partial charge in [-0.1, -0.05) is 68.4 Å². The first-order valence-corrected chi connectivity index (χ1v) is 12.6. The van der Waals surface area contributed by atoms with E-state index in [4.69, 9.17) is 0 Å². The molecule has 0 unspecified atom stereocenters. The fourth-order valence-electron chi connectivity index (χ4n) is 3.04. The Balaban J connectivity index is 1.50. The number of hydrogen-bond donors (Lipinski definition) is 2. The lowest BCUT2D eigenvalue weighted by Crippen LogP contribution is -2.69. The van der Waals surface area contributed by atoms with Crippen LogP contribution in [0.15, 0.2) is 48.6 Å². The van der Waals surface area contributed by atoms with E-state index in [9.17, 15) is 24.4 Å². The molecule has 2 N–H and O–H groups in total. The first kappa shape index (κ1) is 26.6. The van der Waals surface area contributed by atoms with Crippen LogP contribution < -0.4 is 0 Å². The monoisotopic (exact) mass is 468 g/mol. The van der Waals surface area contributed by atoms with Crippen LogP contribution in [-0.4, -0.2) is 33.5 Å². The fourth-order valence-corrected chi connectivity index (χ4v) is 4.22. The molecule has 2 bridgehead atoms. The van der Waals surface area contributed by atoms with E-state index >= 15 is 0 Å². The summed E-state index contributed by atoms with van der Waals surface area (Å²) in [5.74, 6) is -8.35. The highest BCUT2D eigenvalue weighted by Gasteiger charge is 2.82. The van der Waals surface area contributed by atoms with Gasteiger partial charge in [0, 0.05) is 6.42 Å². The number of Topliss-reactive ketones (excluding diaryl/α,β-unsaturated/α-hetero) is 2. The molecule has 0 radical (unpaired) electrons. The molecule has 9 heteroatoms. The minimum Gasteiger partial charge on any atom is -0.354 e. The summed E-state index contributed by atoms with van der Waals surface area (Å²) in [5.41, 5.74) is 0. The van der Waals surface area contributed by atoms with E-state index in [-0.39, 0.29) is 6.42 Å². The summed E-state index contributed by atoms with van der Waals surface area (Å²) < 4.78 is 24.6. The van der Waals surface area contributed by atoms with Crippen LogP contribution in [0.25, 0.3) is 0 Å². The molecule has 3 saturated heterocycles. The van der Waals surface area contributed by atoms with Gasteiger partial charge in [0.15, 0.2) is 5.78 Å². The van der Waals surface area contributed by atoms with Crippen LogP contribution in [0.4, 0.5) is 0 Å². The van der Waals surface area contributed by atoms with Crippen LogP contribution >= 0.6 is 7.82 Å². The summed E-state index contributed by atoms with van der Waals surface area (Å²) in [6.45, 7) is 2.20. The van der Waals surface area contributed by atoms with Gasteiger partial charge in [-0.05, 0) is 44.9 Å². The van der Waals surface area contributed by atoms with Gasteiger partial charge in [0.05, 0.1) is 0 Å². The summed E-state index contributed by atoms with van der Waals surface area (Å²) in [4.78, 5) is 23.9. The molecule has 3 aliphatic rings. The van der Waals surface area contributed by atoms with Crippen LogP contribution in [0.1, 0.15) is 71.1 Å². The molecule has 3 aliphatic heterocycles. The first-order valence-electron chi connectivity index (χ1n) is 11.1. The highest BCUT2D eigenvalue weighted by molar-refractivity contribution is 7.52. The number of rotatable bonds is 17. The third-order valence-electron chi connectivity index (χ3n) is 4.91. The van der Waals surface area contributed by atoms with E-state index < -0.39 is 31.1 Å². The Morgan fingerprint density at radius 2 is 1.28 bits per heavy atom. The predicted molar refractivity (Wildman–Crippen MR) is 119 cm³/mol. The number of unbranched alkanes of at least 4 members (excludes halogenated alkanes) is 4. The van der Waals surface area contributed by atoms with E-state index in [2.05, 4.69) is 50.9 Å². The van der Waals surface area contributed by atoms with Crippen molar-refractivity contribution in [2.45, 2.75) is 82.9 Å². The van der Waals surface area contributed by atoms with Gasteiger partial charge in [-0.15, -0.1) is 0 Å². The third kappa shape index (κ3) is 7.44. The Morgan fingerprint density at radius 1 is 0.812 bits per heavy atom. The van der Waals surface area contributed by atoms with Crippen molar-refractivity contribution in [2.75, 3.05) is 0 Å². The van der Waals surface area contributed by atoms with E-state index in [1.807, 2.05) is 18.2 Å². The van der Waals surface area contributed by atoms with E-state index in [0.717, 1.165) is 25.7 Å². The number of allylic oxidation sites excluding steroid dienone is 8. The van der Waals surface area contributed by atoms with Crippen LogP contribution in [0.5, 0.6) is 0 Å². The summed E-state index contributed by atoms with van der Waals surface area (Å²) >= 11 is 0. The summed E-state index contributed by atoms with van der Waals surface area (Å²) in [5, 5.41) is 19.6. The molecule has 0 aromatic heterocycles. The summed E-state index contributed by atoms with van der Waals surface area (Å²) in [7, 11) is -3.67. The first-order chi connectivity index (χ1) is 15.3. The Kier molecular flexibility index (Phi) is 10.4. The fraction of sp³-hybridized carbons (Fsp3) is 0.565. The molecule has 3 fully saturated rings. The largest absolute Gasteiger partial charge is 0.489 e. The normalized spacial score (nSPS) is 25.1. The topological polar surface area (TPSA) is 119 Å². The van der Waals surface area contributed by atoms with Crippen molar-refractivity contribution < 1.29 is 37.9 Å². The average Bonchev–Trinajstić information content (AvgIpc) is 2.72. The highest BCUT2D eigenvalue weighted by atomic mass is 31.2. The molecule has 0 aliphatic carbocycles. The van der Waals surface area contributed by atoms with Crippen molar-refractivity contribution in [3.8, 4) is 0 Å². The van der Waals surface area contributed by atoms with Crippen LogP contribution in [-0.2, 0) is 27.7 Å². The van der Waals surface area contributed by atoms with Crippen LogP contribution in [0, 0.1) is 0 Å². The minimum atomic E-state index is -3.67. The number of aliphatic hydroxyl groups is 2. The predicted octanol–water partition coefficient (Wildman–Crippen LogP) is 4.79. The van der Waals surface area contributed by atoms with Gasteiger partial charge in [0.25, 0.3) is 11.6 Å². The zero-order valence-corrected chi connectivity index (χ0v) is 19.4. The summed E-state index contributed by atoms with van der Waals surface area (Å²) in [6, 6.07) is 0. The highest BCUT2D eigenvalue weighted by Crippen LogP contribution is 2.80. The van der Waals surface area contributed by atoms with E-state index in [1.54, 1.807) is 0 Å². The molecule has 8 nitrogen and oxygen atoms in total. The average molecular weight is 468 g/mol. The maximum atomic E-state index is 11.9. The quantitative estimate of drug-likeness (QED) is 0.103. The zero-order valence-electron chi connectivity index (χ0n) is 18.5. The molecule has 0 atom stereocenters. The second-order valence-corrected chi connectivity index (χ2v) is 9.12. The minimum absolute atomic E-state index is 0.232.